The molecule has 0 aromatic heterocycles. The number of nitro groups is 1. The van der Waals surface area contributed by atoms with Gasteiger partial charge in [-0.3, -0.25) is 20.6 Å². The van der Waals surface area contributed by atoms with Crippen LogP contribution in [0.25, 0.3) is 0 Å². The molecule has 0 heterocycles. The first kappa shape index (κ1) is 14.5. The summed E-state index contributed by atoms with van der Waals surface area (Å²) in [5.74, 6) is 0. The zero-order valence-electron chi connectivity index (χ0n) is 11.2. The monoisotopic (exact) mass is 287 g/mol. The number of hydrogen-bond acceptors (Lipinski definition) is 4. The molecule has 2 N–H and O–H groups in total. The minimum Gasteiger partial charge on any atom is -0.300 e. The third kappa shape index (κ3) is 3.34. The lowest BCUT2D eigenvalue weighted by Gasteiger charge is -2.16. The highest BCUT2D eigenvalue weighted by Crippen LogP contribution is 2.24. The van der Waals surface area contributed by atoms with Crippen LogP contribution in [0.3, 0.4) is 0 Å². The van der Waals surface area contributed by atoms with E-state index in [0.717, 1.165) is 5.56 Å². The summed E-state index contributed by atoms with van der Waals surface area (Å²) in [6.45, 7) is 1.87. The molecule has 21 heavy (non-hydrogen) atoms. The summed E-state index contributed by atoms with van der Waals surface area (Å²) >= 11 is 0. The standard InChI is InChI=1S/C14H13N3O4/c1-10-6-8-11(9-7-10)16(19)14(18)15-12-4-2-3-5-13(12)17(20)21/h2-9,19H,1H3,(H,15,18). The average Bonchev–Trinajstić information content (AvgIpc) is 2.47. The van der Waals surface area contributed by atoms with Crippen molar-refractivity contribution < 1.29 is 14.9 Å². The minimum atomic E-state index is -0.881. The van der Waals surface area contributed by atoms with E-state index in [-0.39, 0.29) is 17.1 Å². The van der Waals surface area contributed by atoms with Crippen LogP contribution in [0.2, 0.25) is 0 Å². The highest BCUT2D eigenvalue weighted by Gasteiger charge is 2.18. The Labute approximate surface area is 120 Å². The molecule has 0 radical (unpaired) electrons. The highest BCUT2D eigenvalue weighted by molar-refractivity contribution is 6.01. The third-order valence-electron chi connectivity index (χ3n) is 2.81. The average molecular weight is 287 g/mol. The van der Waals surface area contributed by atoms with Crippen LogP contribution in [-0.4, -0.2) is 16.2 Å². The van der Waals surface area contributed by atoms with Crippen molar-refractivity contribution in [3.63, 3.8) is 0 Å². The molecule has 0 aliphatic rings. The molecule has 2 aromatic carbocycles. The summed E-state index contributed by atoms with van der Waals surface area (Å²) in [7, 11) is 0. The van der Waals surface area contributed by atoms with E-state index < -0.39 is 11.0 Å². The topological polar surface area (TPSA) is 95.7 Å². The predicted molar refractivity (Wildman–Crippen MR) is 77.6 cm³/mol. The van der Waals surface area contributed by atoms with Gasteiger partial charge in [-0.1, -0.05) is 29.8 Å². The first-order valence-electron chi connectivity index (χ1n) is 6.09. The Bertz CT molecular complexity index is 670. The van der Waals surface area contributed by atoms with E-state index in [1.807, 2.05) is 6.92 Å². The van der Waals surface area contributed by atoms with Gasteiger partial charge in [0.05, 0.1) is 10.6 Å². The van der Waals surface area contributed by atoms with Gasteiger partial charge < -0.3 is 0 Å². The fourth-order valence-corrected chi connectivity index (χ4v) is 1.71. The van der Waals surface area contributed by atoms with Gasteiger partial charge in [0, 0.05) is 6.07 Å². The second-order valence-corrected chi connectivity index (χ2v) is 4.35. The van der Waals surface area contributed by atoms with Crippen molar-refractivity contribution in [2.75, 3.05) is 10.4 Å². The summed E-state index contributed by atoms with van der Waals surface area (Å²) in [6.07, 6.45) is 0. The number of benzene rings is 2. The van der Waals surface area contributed by atoms with Crippen molar-refractivity contribution in [2.45, 2.75) is 6.92 Å². The maximum atomic E-state index is 11.9. The SMILES string of the molecule is Cc1ccc(N(O)C(=O)Nc2ccccc2[N+](=O)[O-])cc1. The largest absolute Gasteiger partial charge is 0.350 e. The van der Waals surface area contributed by atoms with E-state index in [2.05, 4.69) is 5.32 Å². The number of nitrogens with zero attached hydrogens (tertiary/aromatic N) is 2. The summed E-state index contributed by atoms with van der Waals surface area (Å²) in [6, 6.07) is 11.4. The molecule has 0 bridgehead atoms. The molecule has 0 saturated carbocycles. The van der Waals surface area contributed by atoms with Crippen molar-refractivity contribution in [3.05, 3.63) is 64.2 Å². The fourth-order valence-electron chi connectivity index (χ4n) is 1.71. The van der Waals surface area contributed by atoms with E-state index in [1.54, 1.807) is 30.3 Å². The van der Waals surface area contributed by atoms with Gasteiger partial charge in [0.2, 0.25) is 0 Å². The summed E-state index contributed by atoms with van der Waals surface area (Å²) < 4.78 is 0. The Kier molecular flexibility index (Phi) is 4.15. The number of amides is 2. The lowest BCUT2D eigenvalue weighted by atomic mass is 10.2. The van der Waals surface area contributed by atoms with Crippen LogP contribution < -0.4 is 10.4 Å². The number of nitrogens with one attached hydrogen (secondary N) is 1. The first-order chi connectivity index (χ1) is 9.99. The normalized spacial score (nSPS) is 10.0. The van der Waals surface area contributed by atoms with Crippen molar-refractivity contribution in [1.29, 1.82) is 0 Å². The molecule has 7 nitrogen and oxygen atoms in total. The number of carbonyl (C=O) groups is 1. The Morgan fingerprint density at radius 1 is 1.19 bits per heavy atom. The Hall–Kier alpha value is -2.93. The quantitative estimate of drug-likeness (QED) is 0.514. The van der Waals surface area contributed by atoms with Crippen molar-refractivity contribution in [3.8, 4) is 0 Å². The van der Waals surface area contributed by atoms with Gasteiger partial charge in [0.25, 0.3) is 5.69 Å². The second-order valence-electron chi connectivity index (χ2n) is 4.35. The zero-order valence-corrected chi connectivity index (χ0v) is 11.2. The van der Waals surface area contributed by atoms with E-state index in [1.165, 1.54) is 18.2 Å². The van der Waals surface area contributed by atoms with E-state index in [0.29, 0.717) is 5.06 Å². The molecule has 2 aromatic rings. The molecule has 0 spiro atoms. The van der Waals surface area contributed by atoms with E-state index in [4.69, 9.17) is 0 Å². The molecular formula is C14H13N3O4. The molecule has 0 fully saturated rings. The van der Waals surface area contributed by atoms with Crippen LogP contribution in [0.4, 0.5) is 21.9 Å². The van der Waals surface area contributed by atoms with Crippen molar-refractivity contribution >= 4 is 23.1 Å². The summed E-state index contributed by atoms with van der Waals surface area (Å²) in [5.41, 5.74) is 1.00. The van der Waals surface area contributed by atoms with Gasteiger partial charge in [0.15, 0.2) is 0 Å². The lowest BCUT2D eigenvalue weighted by Crippen LogP contribution is -2.31. The molecule has 0 atom stereocenters. The van der Waals surface area contributed by atoms with Crippen molar-refractivity contribution in [2.24, 2.45) is 0 Å². The number of para-hydroxylation sites is 2. The number of nitro benzene ring substituents is 1. The van der Waals surface area contributed by atoms with Gasteiger partial charge in [-0.2, -0.15) is 5.06 Å². The second kappa shape index (κ2) is 6.02. The van der Waals surface area contributed by atoms with Crippen LogP contribution in [0, 0.1) is 17.0 Å². The lowest BCUT2D eigenvalue weighted by molar-refractivity contribution is -0.383. The molecule has 108 valence electrons. The number of anilines is 2. The number of aryl methyl sites for hydroxylation is 1. The molecule has 0 aliphatic carbocycles. The molecule has 0 saturated heterocycles. The van der Waals surface area contributed by atoms with Crippen LogP contribution in [-0.2, 0) is 0 Å². The Morgan fingerprint density at radius 3 is 2.43 bits per heavy atom. The smallest absolute Gasteiger partial charge is 0.300 e. The maximum absolute atomic E-state index is 11.9. The Morgan fingerprint density at radius 2 is 1.81 bits per heavy atom. The van der Waals surface area contributed by atoms with E-state index >= 15 is 0 Å². The van der Waals surface area contributed by atoms with Gasteiger partial charge in [-0.05, 0) is 25.1 Å². The highest BCUT2D eigenvalue weighted by atomic mass is 16.6. The molecule has 2 amide bonds. The predicted octanol–water partition coefficient (Wildman–Crippen LogP) is 3.33. The molecular weight excluding hydrogens is 274 g/mol. The number of urea groups is 1. The fraction of sp³-hybridized carbons (Fsp3) is 0.0714. The zero-order chi connectivity index (χ0) is 15.4. The summed E-state index contributed by atoms with van der Waals surface area (Å²) in [5, 5.41) is 23.4. The number of hydrogen-bond donors (Lipinski definition) is 2. The number of carbonyl (C=O) groups excluding carboxylic acids is 1. The van der Waals surface area contributed by atoms with Gasteiger partial charge in [-0.25, -0.2) is 4.79 Å². The van der Waals surface area contributed by atoms with Gasteiger partial charge in [-0.15, -0.1) is 0 Å². The molecule has 0 aliphatic heterocycles. The summed E-state index contributed by atoms with van der Waals surface area (Å²) in [4.78, 5) is 22.2. The van der Waals surface area contributed by atoms with E-state index in [9.17, 15) is 20.1 Å². The van der Waals surface area contributed by atoms with Gasteiger partial charge >= 0.3 is 6.03 Å². The minimum absolute atomic E-state index is 0.0126. The molecule has 7 heteroatoms. The maximum Gasteiger partial charge on any atom is 0.350 e. The molecule has 0 unspecified atom stereocenters. The van der Waals surface area contributed by atoms with Crippen molar-refractivity contribution in [1.82, 2.24) is 0 Å². The van der Waals surface area contributed by atoms with Crippen LogP contribution >= 0.6 is 0 Å². The Balaban J connectivity index is 2.18. The number of hydroxylamine groups is 1. The van der Waals surface area contributed by atoms with Crippen LogP contribution in [0.15, 0.2) is 48.5 Å². The van der Waals surface area contributed by atoms with Crippen LogP contribution in [0.5, 0.6) is 0 Å². The van der Waals surface area contributed by atoms with Gasteiger partial charge in [0.1, 0.15) is 5.69 Å². The van der Waals surface area contributed by atoms with Crippen LogP contribution in [0.1, 0.15) is 5.56 Å². The third-order valence-corrected chi connectivity index (χ3v) is 2.81. The number of rotatable bonds is 3. The first-order valence-corrected chi connectivity index (χ1v) is 6.09. The molecule has 2 rings (SSSR count).